The molecule has 0 aliphatic heterocycles. The lowest BCUT2D eigenvalue weighted by Crippen LogP contribution is -2.43. The number of carbonyl (C=O) groups is 1. The molecule has 1 atom stereocenters. The molecule has 0 heterocycles. The van der Waals surface area contributed by atoms with E-state index >= 15 is 0 Å². The molecule has 0 bridgehead atoms. The Morgan fingerprint density at radius 2 is 2.12 bits per heavy atom. The summed E-state index contributed by atoms with van der Waals surface area (Å²) in [7, 11) is 0. The highest BCUT2D eigenvalue weighted by Crippen LogP contribution is 1.91. The summed E-state index contributed by atoms with van der Waals surface area (Å²) < 4.78 is 5.38. The second-order valence-corrected chi connectivity index (χ2v) is 4.07. The first-order valence-corrected chi connectivity index (χ1v) is 5.60. The number of carbonyl (C=O) groups excluding carboxylic acids is 1. The molecule has 0 saturated heterocycles. The number of hydrogen-bond donors (Lipinski definition) is 2. The van der Waals surface area contributed by atoms with Gasteiger partial charge in [0.15, 0.2) is 0 Å². The number of hydrogen-bond acceptors (Lipinski definition) is 3. The number of ether oxygens (including phenoxy) is 1. The molecule has 1 unspecified atom stereocenters. The molecule has 0 radical (unpaired) electrons. The topological polar surface area (TPSA) is 50.4 Å². The molecular weight excluding hydrogens is 204 g/mol. The van der Waals surface area contributed by atoms with Gasteiger partial charge in [0.2, 0.25) is 5.91 Å². The van der Waals surface area contributed by atoms with Gasteiger partial charge in [-0.05, 0) is 12.8 Å². The van der Waals surface area contributed by atoms with Crippen LogP contribution in [0.1, 0.15) is 20.8 Å². The van der Waals surface area contributed by atoms with E-state index in [0.717, 1.165) is 6.61 Å². The van der Waals surface area contributed by atoms with E-state index in [1.165, 1.54) is 0 Å². The summed E-state index contributed by atoms with van der Waals surface area (Å²) in [6, 6.07) is -0.240. The van der Waals surface area contributed by atoms with E-state index in [4.69, 9.17) is 11.2 Å². The van der Waals surface area contributed by atoms with E-state index in [2.05, 4.69) is 30.4 Å². The largest absolute Gasteiger partial charge is 0.380 e. The van der Waals surface area contributed by atoms with E-state index in [-0.39, 0.29) is 18.5 Å². The van der Waals surface area contributed by atoms with E-state index in [0.29, 0.717) is 19.1 Å². The molecule has 4 heteroatoms. The maximum Gasteiger partial charge on any atom is 0.237 e. The Morgan fingerprint density at radius 3 is 2.69 bits per heavy atom. The number of nitrogens with one attached hydrogen (secondary N) is 2. The van der Waals surface area contributed by atoms with E-state index < -0.39 is 0 Å². The zero-order valence-electron chi connectivity index (χ0n) is 10.4. The van der Waals surface area contributed by atoms with Gasteiger partial charge in [0.05, 0.1) is 19.2 Å². The van der Waals surface area contributed by atoms with Gasteiger partial charge in [-0.2, -0.15) is 0 Å². The predicted molar refractivity (Wildman–Crippen MR) is 65.0 cm³/mol. The number of rotatable bonds is 8. The van der Waals surface area contributed by atoms with Gasteiger partial charge in [-0.3, -0.25) is 4.79 Å². The average molecular weight is 226 g/mol. The minimum Gasteiger partial charge on any atom is -0.380 e. The van der Waals surface area contributed by atoms with Crippen LogP contribution in [-0.2, 0) is 9.53 Å². The second kappa shape index (κ2) is 9.20. The maximum atomic E-state index is 11.4. The number of terminal acetylenes is 1. The molecule has 0 aromatic rings. The monoisotopic (exact) mass is 226 g/mol. The Labute approximate surface area is 98.1 Å². The summed E-state index contributed by atoms with van der Waals surface area (Å²) in [5.41, 5.74) is 0. The Hall–Kier alpha value is -1.05. The van der Waals surface area contributed by atoms with Crippen molar-refractivity contribution < 1.29 is 9.53 Å². The molecular formula is C12H22N2O2. The first-order valence-electron chi connectivity index (χ1n) is 5.60. The molecule has 0 aromatic heterocycles. The standard InChI is InChI=1S/C12H22N2O2/c1-5-6-14-12(15)11(4)13-7-8-16-9-10(2)3/h1,10-11,13H,6-9H2,2-4H3,(H,14,15). The van der Waals surface area contributed by atoms with Crippen molar-refractivity contribution in [3.05, 3.63) is 0 Å². The highest BCUT2D eigenvalue weighted by atomic mass is 16.5. The molecule has 16 heavy (non-hydrogen) atoms. The Kier molecular flexibility index (Phi) is 8.59. The van der Waals surface area contributed by atoms with E-state index in [9.17, 15) is 4.79 Å². The fourth-order valence-corrected chi connectivity index (χ4v) is 1.05. The predicted octanol–water partition coefficient (Wildman–Crippen LogP) is 0.386. The van der Waals surface area contributed by atoms with Crippen molar-refractivity contribution in [3.8, 4) is 12.3 Å². The molecule has 1 amide bonds. The summed E-state index contributed by atoms with van der Waals surface area (Å²) in [4.78, 5) is 11.4. The number of amides is 1. The average Bonchev–Trinajstić information content (AvgIpc) is 2.24. The summed E-state index contributed by atoms with van der Waals surface area (Å²) in [6.07, 6.45) is 5.04. The molecule has 0 aliphatic rings. The van der Waals surface area contributed by atoms with Crippen molar-refractivity contribution in [1.29, 1.82) is 0 Å². The Morgan fingerprint density at radius 1 is 1.44 bits per heavy atom. The summed E-state index contributed by atoms with van der Waals surface area (Å²) in [6.45, 7) is 8.30. The zero-order valence-corrected chi connectivity index (χ0v) is 10.4. The van der Waals surface area contributed by atoms with Crippen LogP contribution in [0, 0.1) is 18.3 Å². The molecule has 0 rings (SSSR count). The first kappa shape index (κ1) is 14.9. The van der Waals surface area contributed by atoms with Crippen molar-refractivity contribution in [3.63, 3.8) is 0 Å². The lowest BCUT2D eigenvalue weighted by Gasteiger charge is -2.13. The van der Waals surface area contributed by atoms with Crippen LogP contribution in [-0.4, -0.2) is 38.3 Å². The van der Waals surface area contributed by atoms with Crippen molar-refractivity contribution in [2.75, 3.05) is 26.3 Å². The molecule has 0 saturated carbocycles. The van der Waals surface area contributed by atoms with Gasteiger partial charge in [-0.15, -0.1) is 6.42 Å². The van der Waals surface area contributed by atoms with Crippen LogP contribution >= 0.6 is 0 Å². The SMILES string of the molecule is C#CCNC(=O)C(C)NCCOCC(C)C. The molecule has 92 valence electrons. The van der Waals surface area contributed by atoms with Crippen LogP contribution in [0.2, 0.25) is 0 Å². The fourth-order valence-electron chi connectivity index (χ4n) is 1.05. The molecule has 4 nitrogen and oxygen atoms in total. The third-order valence-electron chi connectivity index (χ3n) is 1.91. The van der Waals surface area contributed by atoms with Gasteiger partial charge in [0, 0.05) is 13.2 Å². The van der Waals surface area contributed by atoms with Gasteiger partial charge in [-0.25, -0.2) is 0 Å². The molecule has 2 N–H and O–H groups in total. The van der Waals surface area contributed by atoms with Gasteiger partial charge in [0.25, 0.3) is 0 Å². The summed E-state index contributed by atoms with van der Waals surface area (Å²) in [5.74, 6) is 2.81. The molecule has 0 aliphatic carbocycles. The lowest BCUT2D eigenvalue weighted by molar-refractivity contribution is -0.122. The zero-order chi connectivity index (χ0) is 12.4. The van der Waals surface area contributed by atoms with Crippen molar-refractivity contribution in [1.82, 2.24) is 10.6 Å². The molecule has 0 spiro atoms. The highest BCUT2D eigenvalue weighted by molar-refractivity contribution is 5.81. The van der Waals surface area contributed by atoms with Crippen LogP contribution in [0.15, 0.2) is 0 Å². The van der Waals surface area contributed by atoms with E-state index in [1.807, 2.05) is 0 Å². The van der Waals surface area contributed by atoms with Crippen LogP contribution in [0.4, 0.5) is 0 Å². The Balaban J connectivity index is 3.46. The second-order valence-electron chi connectivity index (χ2n) is 4.07. The van der Waals surface area contributed by atoms with Crippen LogP contribution in [0.3, 0.4) is 0 Å². The van der Waals surface area contributed by atoms with Crippen LogP contribution < -0.4 is 10.6 Å². The molecule has 0 fully saturated rings. The fraction of sp³-hybridized carbons (Fsp3) is 0.750. The highest BCUT2D eigenvalue weighted by Gasteiger charge is 2.09. The van der Waals surface area contributed by atoms with Crippen LogP contribution in [0.5, 0.6) is 0 Å². The third kappa shape index (κ3) is 8.27. The third-order valence-corrected chi connectivity index (χ3v) is 1.91. The van der Waals surface area contributed by atoms with Crippen molar-refractivity contribution in [2.45, 2.75) is 26.8 Å². The van der Waals surface area contributed by atoms with Gasteiger partial charge < -0.3 is 15.4 Å². The smallest absolute Gasteiger partial charge is 0.237 e. The quantitative estimate of drug-likeness (QED) is 0.465. The van der Waals surface area contributed by atoms with Gasteiger partial charge >= 0.3 is 0 Å². The normalized spacial score (nSPS) is 12.2. The minimum atomic E-state index is -0.240. The van der Waals surface area contributed by atoms with E-state index in [1.54, 1.807) is 6.92 Å². The maximum absolute atomic E-state index is 11.4. The van der Waals surface area contributed by atoms with Crippen LogP contribution in [0.25, 0.3) is 0 Å². The minimum absolute atomic E-state index is 0.0817. The lowest BCUT2D eigenvalue weighted by atomic mass is 10.2. The Bertz CT molecular complexity index is 234. The molecule has 0 aromatic carbocycles. The van der Waals surface area contributed by atoms with Crippen molar-refractivity contribution in [2.24, 2.45) is 5.92 Å². The van der Waals surface area contributed by atoms with Gasteiger partial charge in [-0.1, -0.05) is 19.8 Å². The van der Waals surface area contributed by atoms with Gasteiger partial charge in [0.1, 0.15) is 0 Å². The first-order chi connectivity index (χ1) is 7.57. The summed E-state index contributed by atoms with van der Waals surface area (Å²) in [5, 5.41) is 5.67. The summed E-state index contributed by atoms with van der Waals surface area (Å²) >= 11 is 0. The van der Waals surface area contributed by atoms with Crippen molar-refractivity contribution >= 4 is 5.91 Å².